The Kier molecular flexibility index (Phi) is 6.37. The molecule has 0 bridgehead atoms. The molecule has 2 heterocycles. The van der Waals surface area contributed by atoms with E-state index in [-0.39, 0.29) is 12.0 Å². The Morgan fingerprint density at radius 3 is 2.61 bits per heavy atom. The van der Waals surface area contributed by atoms with Crippen molar-refractivity contribution < 1.29 is 14.3 Å². The average Bonchev–Trinajstić information content (AvgIpc) is 3.52. The van der Waals surface area contributed by atoms with Gasteiger partial charge in [0.1, 0.15) is 5.75 Å². The molecule has 1 aromatic heterocycles. The van der Waals surface area contributed by atoms with Crippen molar-refractivity contribution in [1.29, 1.82) is 0 Å². The SMILES string of the molecule is COc1ccc2sc(N(CC3CCCO3)C(=O)Cc3ccc(-c4ccccc4)cc3)nc2c1. The zero-order valence-electron chi connectivity index (χ0n) is 18.6. The Bertz CT molecular complexity index is 1230. The highest BCUT2D eigenvalue weighted by Crippen LogP contribution is 2.32. The molecular weight excluding hydrogens is 432 g/mol. The summed E-state index contributed by atoms with van der Waals surface area (Å²) >= 11 is 1.53. The molecule has 0 N–H and O–H groups in total. The van der Waals surface area contributed by atoms with Crippen LogP contribution in [0.25, 0.3) is 21.3 Å². The number of hydrogen-bond acceptors (Lipinski definition) is 5. The van der Waals surface area contributed by atoms with Crippen molar-refractivity contribution >= 4 is 32.6 Å². The summed E-state index contributed by atoms with van der Waals surface area (Å²) in [5.74, 6) is 0.791. The van der Waals surface area contributed by atoms with Gasteiger partial charge in [0.25, 0.3) is 0 Å². The lowest BCUT2D eigenvalue weighted by Crippen LogP contribution is -2.38. The summed E-state index contributed by atoms with van der Waals surface area (Å²) in [6.07, 6.45) is 2.37. The zero-order chi connectivity index (χ0) is 22.6. The Morgan fingerprint density at radius 1 is 1.09 bits per heavy atom. The first-order valence-corrected chi connectivity index (χ1v) is 12.0. The summed E-state index contributed by atoms with van der Waals surface area (Å²) in [4.78, 5) is 20.0. The molecule has 168 valence electrons. The minimum atomic E-state index is 0.0315. The van der Waals surface area contributed by atoms with E-state index in [9.17, 15) is 4.79 Å². The molecule has 0 aliphatic carbocycles. The number of hydrogen-bond donors (Lipinski definition) is 0. The topological polar surface area (TPSA) is 51.7 Å². The van der Waals surface area contributed by atoms with Gasteiger partial charge in [-0.05, 0) is 41.7 Å². The Balaban J connectivity index is 1.38. The molecule has 1 atom stereocenters. The number of carbonyl (C=O) groups excluding carboxylic acids is 1. The normalized spacial score (nSPS) is 15.6. The van der Waals surface area contributed by atoms with Crippen LogP contribution in [-0.2, 0) is 16.0 Å². The second kappa shape index (κ2) is 9.73. The van der Waals surface area contributed by atoms with E-state index in [0.717, 1.165) is 46.5 Å². The van der Waals surface area contributed by atoms with Gasteiger partial charge in [-0.1, -0.05) is 65.9 Å². The van der Waals surface area contributed by atoms with Crippen molar-refractivity contribution in [2.24, 2.45) is 0 Å². The van der Waals surface area contributed by atoms with E-state index >= 15 is 0 Å². The van der Waals surface area contributed by atoms with Gasteiger partial charge in [-0.25, -0.2) is 4.98 Å². The summed E-state index contributed by atoms with van der Waals surface area (Å²) in [5, 5.41) is 0.708. The van der Waals surface area contributed by atoms with Gasteiger partial charge in [-0.3, -0.25) is 9.69 Å². The van der Waals surface area contributed by atoms with E-state index in [4.69, 9.17) is 14.5 Å². The maximum atomic E-state index is 13.5. The van der Waals surface area contributed by atoms with Crippen LogP contribution in [0.4, 0.5) is 5.13 Å². The Morgan fingerprint density at radius 2 is 1.88 bits per heavy atom. The van der Waals surface area contributed by atoms with Gasteiger partial charge in [0.2, 0.25) is 5.91 Å². The van der Waals surface area contributed by atoms with Gasteiger partial charge in [-0.15, -0.1) is 0 Å². The Hall–Kier alpha value is -3.22. The van der Waals surface area contributed by atoms with E-state index in [0.29, 0.717) is 18.1 Å². The van der Waals surface area contributed by atoms with Crippen LogP contribution in [0, 0.1) is 0 Å². The highest BCUT2D eigenvalue weighted by molar-refractivity contribution is 7.22. The van der Waals surface area contributed by atoms with Crippen LogP contribution in [-0.4, -0.2) is 37.3 Å². The first kappa shape index (κ1) is 21.6. The van der Waals surface area contributed by atoms with Gasteiger partial charge in [0.05, 0.1) is 36.4 Å². The highest BCUT2D eigenvalue weighted by atomic mass is 32.1. The second-order valence-electron chi connectivity index (χ2n) is 8.21. The summed E-state index contributed by atoms with van der Waals surface area (Å²) in [5.41, 5.74) is 4.13. The molecule has 0 spiro atoms. The van der Waals surface area contributed by atoms with Crippen molar-refractivity contribution in [1.82, 2.24) is 4.98 Å². The monoisotopic (exact) mass is 458 g/mol. The molecule has 33 heavy (non-hydrogen) atoms. The van der Waals surface area contributed by atoms with E-state index in [1.165, 1.54) is 16.9 Å². The van der Waals surface area contributed by atoms with Gasteiger partial charge in [-0.2, -0.15) is 0 Å². The smallest absolute Gasteiger partial charge is 0.233 e. The van der Waals surface area contributed by atoms with Crippen LogP contribution in [0.3, 0.4) is 0 Å². The molecular formula is C27H26N2O3S. The number of carbonyl (C=O) groups is 1. The maximum Gasteiger partial charge on any atom is 0.233 e. The lowest BCUT2D eigenvalue weighted by molar-refractivity contribution is -0.118. The molecule has 0 saturated carbocycles. The zero-order valence-corrected chi connectivity index (χ0v) is 19.4. The third kappa shape index (κ3) is 4.92. The predicted octanol–water partition coefficient (Wildman–Crippen LogP) is 5.73. The van der Waals surface area contributed by atoms with E-state index in [1.807, 2.05) is 48.5 Å². The number of methoxy groups -OCH3 is 1. The van der Waals surface area contributed by atoms with Crippen LogP contribution in [0.5, 0.6) is 5.75 Å². The average molecular weight is 459 g/mol. The lowest BCUT2D eigenvalue weighted by atomic mass is 10.0. The van der Waals surface area contributed by atoms with E-state index < -0.39 is 0 Å². The fraction of sp³-hybridized carbons (Fsp3) is 0.259. The first-order chi connectivity index (χ1) is 16.2. The summed E-state index contributed by atoms with van der Waals surface area (Å²) < 4.78 is 12.2. The van der Waals surface area contributed by atoms with Crippen molar-refractivity contribution in [3.05, 3.63) is 78.4 Å². The molecule has 1 amide bonds. The first-order valence-electron chi connectivity index (χ1n) is 11.2. The highest BCUT2D eigenvalue weighted by Gasteiger charge is 2.26. The molecule has 1 fully saturated rings. The Labute approximate surface area is 197 Å². The van der Waals surface area contributed by atoms with Gasteiger partial charge in [0.15, 0.2) is 5.13 Å². The van der Waals surface area contributed by atoms with Crippen LogP contribution >= 0.6 is 11.3 Å². The third-order valence-corrected chi connectivity index (χ3v) is 7.00. The van der Waals surface area contributed by atoms with Crippen LogP contribution in [0.15, 0.2) is 72.8 Å². The fourth-order valence-corrected chi connectivity index (χ4v) is 5.10. The molecule has 5 nitrogen and oxygen atoms in total. The quantitative estimate of drug-likeness (QED) is 0.355. The number of rotatable bonds is 7. The minimum absolute atomic E-state index is 0.0315. The molecule has 1 aliphatic heterocycles. The number of fused-ring (bicyclic) bond motifs is 1. The molecule has 1 aliphatic rings. The largest absolute Gasteiger partial charge is 0.497 e. The van der Waals surface area contributed by atoms with Gasteiger partial charge in [0, 0.05) is 12.7 Å². The second-order valence-corrected chi connectivity index (χ2v) is 9.22. The van der Waals surface area contributed by atoms with Crippen molar-refractivity contribution in [2.75, 3.05) is 25.2 Å². The number of aromatic nitrogens is 1. The van der Waals surface area contributed by atoms with Crippen LogP contribution in [0.1, 0.15) is 18.4 Å². The number of amides is 1. The summed E-state index contributed by atoms with van der Waals surface area (Å²) in [6, 6.07) is 24.3. The number of anilines is 1. The third-order valence-electron chi connectivity index (χ3n) is 5.94. The summed E-state index contributed by atoms with van der Waals surface area (Å²) in [6.45, 7) is 1.28. The van der Waals surface area contributed by atoms with Gasteiger partial charge < -0.3 is 9.47 Å². The van der Waals surface area contributed by atoms with Crippen molar-refractivity contribution in [2.45, 2.75) is 25.4 Å². The fourth-order valence-electron chi connectivity index (χ4n) is 4.13. The molecule has 1 saturated heterocycles. The molecule has 5 rings (SSSR count). The van der Waals surface area contributed by atoms with Crippen molar-refractivity contribution in [3.63, 3.8) is 0 Å². The standard InChI is InChI=1S/C27H26N2O3S/c1-31-22-13-14-25-24(17-22)28-27(33-25)29(18-23-8-5-15-32-23)26(30)16-19-9-11-21(12-10-19)20-6-3-2-4-7-20/h2-4,6-7,9-14,17,23H,5,8,15-16,18H2,1H3. The lowest BCUT2D eigenvalue weighted by Gasteiger charge is -2.23. The van der Waals surface area contributed by atoms with Gasteiger partial charge >= 0.3 is 0 Å². The molecule has 1 unspecified atom stereocenters. The summed E-state index contributed by atoms with van der Waals surface area (Å²) in [7, 11) is 1.64. The predicted molar refractivity (Wildman–Crippen MR) is 133 cm³/mol. The molecule has 6 heteroatoms. The van der Waals surface area contributed by atoms with Crippen LogP contribution in [0.2, 0.25) is 0 Å². The molecule has 3 aromatic carbocycles. The van der Waals surface area contributed by atoms with Crippen LogP contribution < -0.4 is 9.64 Å². The number of thiazole rings is 1. The number of ether oxygens (including phenoxy) is 2. The minimum Gasteiger partial charge on any atom is -0.497 e. The maximum absolute atomic E-state index is 13.5. The van der Waals surface area contributed by atoms with Crippen molar-refractivity contribution in [3.8, 4) is 16.9 Å². The number of nitrogens with zero attached hydrogens (tertiary/aromatic N) is 2. The number of benzene rings is 3. The van der Waals surface area contributed by atoms with E-state index in [1.54, 1.807) is 12.0 Å². The molecule has 0 radical (unpaired) electrons. The molecule has 4 aromatic rings. The van der Waals surface area contributed by atoms with E-state index in [2.05, 4.69) is 24.3 Å².